The Labute approximate surface area is 105 Å². The average Bonchev–Trinajstić information content (AvgIpc) is 2.38. The van der Waals surface area contributed by atoms with Gasteiger partial charge >= 0.3 is 12.3 Å². The first kappa shape index (κ1) is 13.5. The van der Waals surface area contributed by atoms with Crippen LogP contribution in [0.4, 0.5) is 4.79 Å². The maximum atomic E-state index is 11.4. The first-order valence-corrected chi connectivity index (χ1v) is 5.34. The van der Waals surface area contributed by atoms with E-state index in [1.165, 1.54) is 6.92 Å². The summed E-state index contributed by atoms with van der Waals surface area (Å²) in [7, 11) is 0. The standard InChI is InChI=1S/C12H13N3O3/c1-9(11(16)7-14-13)15-12(17)18-8-10-5-3-2-4-6-10/h2-7,9H,8H2,1H3,(H-,15,16,17)/p+1/b11-7-/t9-/m0/s1. The first-order valence-electron chi connectivity index (χ1n) is 5.34. The number of nitrogens with zero attached hydrogens (tertiary/aromatic N) is 2. The lowest BCUT2D eigenvalue weighted by molar-refractivity contribution is 0.135. The zero-order valence-electron chi connectivity index (χ0n) is 9.91. The molecule has 1 rings (SSSR count). The van der Waals surface area contributed by atoms with Gasteiger partial charge in [-0.25, -0.2) is 4.79 Å². The van der Waals surface area contributed by atoms with Crippen molar-refractivity contribution in [3.8, 4) is 0 Å². The molecule has 0 saturated carbocycles. The number of nitrogens with one attached hydrogen (secondary N) is 1. The van der Waals surface area contributed by atoms with Gasteiger partial charge in [-0.05, 0) is 12.5 Å². The third kappa shape index (κ3) is 4.53. The Morgan fingerprint density at radius 2 is 2.22 bits per heavy atom. The van der Waals surface area contributed by atoms with Crippen molar-refractivity contribution < 1.29 is 14.6 Å². The maximum absolute atomic E-state index is 11.4. The minimum absolute atomic E-state index is 0.147. The predicted octanol–water partition coefficient (Wildman–Crippen LogP) is 2.55. The molecule has 0 aliphatic heterocycles. The highest BCUT2D eigenvalue weighted by atomic mass is 16.5. The van der Waals surface area contributed by atoms with Crippen LogP contribution in [-0.2, 0) is 11.3 Å². The summed E-state index contributed by atoms with van der Waals surface area (Å²) in [6.45, 7) is 1.68. The third-order valence-corrected chi connectivity index (χ3v) is 2.18. The molecule has 0 bridgehead atoms. The minimum Gasteiger partial charge on any atom is -0.504 e. The molecule has 1 amide bonds. The Hall–Kier alpha value is -2.55. The summed E-state index contributed by atoms with van der Waals surface area (Å²) in [6, 6.07) is 8.53. The molecule has 94 valence electrons. The zero-order valence-corrected chi connectivity index (χ0v) is 9.91. The normalized spacial score (nSPS) is 12.3. The second kappa shape index (κ2) is 6.91. The molecule has 0 spiro atoms. The Morgan fingerprint density at radius 1 is 1.56 bits per heavy atom. The smallest absolute Gasteiger partial charge is 0.408 e. The van der Waals surface area contributed by atoms with Crippen LogP contribution in [0.25, 0.3) is 4.98 Å². The van der Waals surface area contributed by atoms with Gasteiger partial charge in [-0.3, -0.25) is 0 Å². The summed E-state index contributed by atoms with van der Waals surface area (Å²) >= 11 is 0. The largest absolute Gasteiger partial charge is 0.504 e. The number of diazo groups is 1. The molecule has 1 aromatic carbocycles. The molecule has 6 nitrogen and oxygen atoms in total. The van der Waals surface area contributed by atoms with Gasteiger partial charge in [0.2, 0.25) is 11.2 Å². The van der Waals surface area contributed by atoms with Gasteiger partial charge in [0.25, 0.3) is 0 Å². The Balaban J connectivity index is 2.39. The molecule has 0 aromatic heterocycles. The number of benzene rings is 1. The number of carbonyl (C=O) groups excluding carboxylic acids is 1. The minimum atomic E-state index is -0.691. The Kier molecular flexibility index (Phi) is 5.19. The average molecular weight is 248 g/mol. The highest BCUT2D eigenvalue weighted by Gasteiger charge is 2.15. The van der Waals surface area contributed by atoms with E-state index in [2.05, 4.69) is 10.3 Å². The molecule has 0 fully saturated rings. The topological polar surface area (TPSA) is 86.7 Å². The second-order valence-corrected chi connectivity index (χ2v) is 3.60. The van der Waals surface area contributed by atoms with Crippen molar-refractivity contribution in [2.45, 2.75) is 19.6 Å². The fourth-order valence-electron chi connectivity index (χ4n) is 1.19. The van der Waals surface area contributed by atoms with Gasteiger partial charge in [0.15, 0.2) is 4.98 Å². The lowest BCUT2D eigenvalue weighted by Crippen LogP contribution is -2.34. The fourth-order valence-corrected chi connectivity index (χ4v) is 1.19. The number of hydrogen-bond donors (Lipinski definition) is 2. The van der Waals surface area contributed by atoms with E-state index in [9.17, 15) is 9.90 Å². The van der Waals surface area contributed by atoms with Crippen molar-refractivity contribution in [2.24, 2.45) is 0 Å². The Bertz CT molecular complexity index is 465. The fraction of sp³-hybridized carbons (Fsp3) is 0.250. The molecular formula is C12H14N3O3+. The van der Waals surface area contributed by atoms with Crippen molar-refractivity contribution in [3.05, 3.63) is 52.8 Å². The molecule has 18 heavy (non-hydrogen) atoms. The van der Waals surface area contributed by atoms with Crippen LogP contribution in [0.2, 0.25) is 0 Å². The number of alkyl carbamates (subject to hydrolysis) is 1. The zero-order chi connectivity index (χ0) is 13.4. The van der Waals surface area contributed by atoms with E-state index >= 15 is 0 Å². The molecule has 6 heteroatoms. The second-order valence-electron chi connectivity index (χ2n) is 3.60. The van der Waals surface area contributed by atoms with E-state index in [-0.39, 0.29) is 12.4 Å². The van der Waals surface area contributed by atoms with Gasteiger partial charge < -0.3 is 15.2 Å². The van der Waals surface area contributed by atoms with Crippen LogP contribution in [0.5, 0.6) is 0 Å². The highest BCUT2D eigenvalue weighted by molar-refractivity contribution is 5.68. The molecule has 0 heterocycles. The third-order valence-electron chi connectivity index (χ3n) is 2.18. The molecule has 0 aliphatic carbocycles. The highest BCUT2D eigenvalue weighted by Crippen LogP contribution is 2.02. The van der Waals surface area contributed by atoms with Crippen LogP contribution >= 0.6 is 0 Å². The Morgan fingerprint density at radius 3 is 2.83 bits per heavy atom. The van der Waals surface area contributed by atoms with E-state index in [1.807, 2.05) is 30.3 Å². The summed E-state index contributed by atoms with van der Waals surface area (Å²) in [5.74, 6) is -0.269. The van der Waals surface area contributed by atoms with Gasteiger partial charge in [-0.1, -0.05) is 30.3 Å². The van der Waals surface area contributed by atoms with Gasteiger partial charge in [0.05, 0.1) is 6.04 Å². The number of aliphatic hydroxyl groups is 1. The van der Waals surface area contributed by atoms with Crippen LogP contribution < -0.4 is 5.32 Å². The number of aliphatic hydroxyl groups excluding tert-OH is 1. The molecule has 1 atom stereocenters. The molecule has 0 saturated heterocycles. The van der Waals surface area contributed by atoms with E-state index in [1.54, 1.807) is 0 Å². The van der Waals surface area contributed by atoms with Crippen molar-refractivity contribution >= 4 is 6.09 Å². The lowest BCUT2D eigenvalue weighted by Gasteiger charge is -2.11. The number of hydrogen-bond acceptors (Lipinski definition) is 4. The van der Waals surface area contributed by atoms with E-state index in [4.69, 9.17) is 10.1 Å². The molecule has 0 aliphatic rings. The van der Waals surface area contributed by atoms with Crippen molar-refractivity contribution in [3.63, 3.8) is 0 Å². The number of amides is 1. The summed E-state index contributed by atoms with van der Waals surface area (Å²) in [5.41, 5.74) is 0.866. The first-order chi connectivity index (χ1) is 8.63. The number of ether oxygens (including phenoxy) is 1. The summed E-state index contributed by atoms with van der Waals surface area (Å²) in [5, 5.41) is 19.9. The molecule has 1 aromatic rings. The van der Waals surface area contributed by atoms with Crippen LogP contribution in [0.3, 0.4) is 0 Å². The molecule has 2 N–H and O–H groups in total. The van der Waals surface area contributed by atoms with Gasteiger partial charge in [0, 0.05) is 0 Å². The van der Waals surface area contributed by atoms with Crippen LogP contribution in [0.15, 0.2) is 42.3 Å². The monoisotopic (exact) mass is 248 g/mol. The van der Waals surface area contributed by atoms with E-state index < -0.39 is 12.1 Å². The number of carbonyl (C=O) groups is 1. The molecule has 0 radical (unpaired) electrons. The summed E-state index contributed by atoms with van der Waals surface area (Å²) in [4.78, 5) is 14.0. The van der Waals surface area contributed by atoms with Gasteiger partial charge in [-0.15, -0.1) is 0 Å². The lowest BCUT2D eigenvalue weighted by atomic mass is 10.2. The predicted molar refractivity (Wildman–Crippen MR) is 65.0 cm³/mol. The van der Waals surface area contributed by atoms with Crippen LogP contribution in [-0.4, -0.2) is 17.2 Å². The summed E-state index contributed by atoms with van der Waals surface area (Å²) in [6.07, 6.45) is 0.173. The molecule has 0 unspecified atom stereocenters. The van der Waals surface area contributed by atoms with Gasteiger partial charge in [-0.2, -0.15) is 0 Å². The maximum Gasteiger partial charge on any atom is 0.408 e. The van der Waals surface area contributed by atoms with Crippen LogP contribution in [0.1, 0.15) is 12.5 Å². The molecular weight excluding hydrogens is 234 g/mol. The number of rotatable bonds is 4. The van der Waals surface area contributed by atoms with E-state index in [0.717, 1.165) is 11.8 Å². The van der Waals surface area contributed by atoms with Gasteiger partial charge in [0.1, 0.15) is 6.61 Å². The summed E-state index contributed by atoms with van der Waals surface area (Å²) < 4.78 is 4.95. The van der Waals surface area contributed by atoms with Crippen molar-refractivity contribution in [2.75, 3.05) is 0 Å². The van der Waals surface area contributed by atoms with E-state index in [0.29, 0.717) is 0 Å². The van der Waals surface area contributed by atoms with Crippen LogP contribution in [0, 0.1) is 5.39 Å². The SMILES string of the molecule is C[C@H](NC(=O)OCc1ccccc1)/C(O)=C/[N+]#N. The van der Waals surface area contributed by atoms with Crippen molar-refractivity contribution in [1.82, 2.24) is 5.32 Å². The van der Waals surface area contributed by atoms with Crippen molar-refractivity contribution in [1.29, 1.82) is 5.39 Å². The quantitative estimate of drug-likeness (QED) is 0.633.